The molecule has 0 radical (unpaired) electrons. The molecule has 1 aromatic heterocycles. The monoisotopic (exact) mass is 442 g/mol. The van der Waals surface area contributed by atoms with Crippen molar-refractivity contribution in [3.05, 3.63) is 66.0 Å². The molecule has 0 atom stereocenters. The Bertz CT molecular complexity index is 1180. The van der Waals surface area contributed by atoms with E-state index in [9.17, 15) is 13.2 Å². The van der Waals surface area contributed by atoms with Crippen LogP contribution in [0.25, 0.3) is 0 Å². The zero-order valence-electron chi connectivity index (χ0n) is 17.2. The lowest BCUT2D eigenvalue weighted by atomic mass is 10.1. The summed E-state index contributed by atoms with van der Waals surface area (Å²) in [6.07, 6.45) is 1.19. The van der Waals surface area contributed by atoms with Crippen LogP contribution in [0.3, 0.4) is 0 Å². The van der Waals surface area contributed by atoms with Crippen molar-refractivity contribution < 1.29 is 22.7 Å². The highest BCUT2D eigenvalue weighted by Gasteiger charge is 2.16. The fourth-order valence-corrected chi connectivity index (χ4v) is 3.57. The second kappa shape index (κ2) is 9.43. The molecular weight excluding hydrogens is 420 g/mol. The summed E-state index contributed by atoms with van der Waals surface area (Å²) < 4.78 is 37.9. The van der Waals surface area contributed by atoms with Gasteiger partial charge in [-0.25, -0.2) is 18.4 Å². The number of aromatic nitrogens is 2. The molecular formula is C21H22N4O5S. The van der Waals surface area contributed by atoms with Crippen molar-refractivity contribution in [3.8, 4) is 11.6 Å². The highest BCUT2D eigenvalue weighted by atomic mass is 32.2. The quantitative estimate of drug-likeness (QED) is 0.550. The summed E-state index contributed by atoms with van der Waals surface area (Å²) in [5.41, 5.74) is 2.65. The van der Waals surface area contributed by atoms with Crippen molar-refractivity contribution in [1.29, 1.82) is 0 Å². The third-order valence-corrected chi connectivity index (χ3v) is 5.76. The fourth-order valence-electron chi connectivity index (χ4n) is 2.57. The van der Waals surface area contributed by atoms with Crippen LogP contribution in [0.1, 0.15) is 11.1 Å². The standard InChI is InChI=1S/C21H22N4O5S/c1-14-4-7-17(10-15(14)2)30-12-20(26)24-16-5-8-18(9-6-16)31(27,28)25-19-11-21(29-3)23-13-22-19/h4-11,13H,12H2,1-3H3,(H,24,26)(H,22,23,25). The largest absolute Gasteiger partial charge is 0.484 e. The first kappa shape index (κ1) is 22.0. The normalized spacial score (nSPS) is 10.9. The minimum atomic E-state index is -3.87. The van der Waals surface area contributed by atoms with Crippen LogP contribution in [0.5, 0.6) is 11.6 Å². The number of aryl methyl sites for hydroxylation is 2. The number of carbonyl (C=O) groups excluding carboxylic acids is 1. The lowest BCUT2D eigenvalue weighted by Gasteiger charge is -2.10. The van der Waals surface area contributed by atoms with E-state index >= 15 is 0 Å². The van der Waals surface area contributed by atoms with Crippen molar-refractivity contribution in [3.63, 3.8) is 0 Å². The maximum atomic E-state index is 12.5. The number of methoxy groups -OCH3 is 1. The predicted octanol–water partition coefficient (Wildman–Crippen LogP) is 2.92. The van der Waals surface area contributed by atoms with Gasteiger partial charge in [-0.05, 0) is 61.4 Å². The average molecular weight is 442 g/mol. The Morgan fingerprint density at radius 3 is 2.42 bits per heavy atom. The van der Waals surface area contributed by atoms with Gasteiger partial charge in [0.1, 0.15) is 17.9 Å². The Hall–Kier alpha value is -3.66. The van der Waals surface area contributed by atoms with E-state index in [4.69, 9.17) is 9.47 Å². The number of amides is 1. The first-order valence-corrected chi connectivity index (χ1v) is 10.7. The lowest BCUT2D eigenvalue weighted by molar-refractivity contribution is -0.118. The zero-order valence-corrected chi connectivity index (χ0v) is 18.1. The van der Waals surface area contributed by atoms with Gasteiger partial charge in [0.05, 0.1) is 12.0 Å². The number of anilines is 2. The van der Waals surface area contributed by atoms with Gasteiger partial charge in [0.25, 0.3) is 15.9 Å². The van der Waals surface area contributed by atoms with E-state index in [2.05, 4.69) is 20.0 Å². The molecule has 0 saturated heterocycles. The van der Waals surface area contributed by atoms with Crippen molar-refractivity contribution >= 4 is 27.4 Å². The molecule has 0 unspecified atom stereocenters. The number of hydrogen-bond donors (Lipinski definition) is 2. The Morgan fingerprint density at radius 2 is 1.74 bits per heavy atom. The second-order valence-corrected chi connectivity index (χ2v) is 8.34. The Labute approximate surface area is 180 Å². The van der Waals surface area contributed by atoms with E-state index in [1.165, 1.54) is 43.8 Å². The van der Waals surface area contributed by atoms with Crippen LogP contribution in [-0.2, 0) is 14.8 Å². The van der Waals surface area contributed by atoms with Crippen molar-refractivity contribution in [2.75, 3.05) is 23.8 Å². The number of carbonyl (C=O) groups is 1. The molecule has 0 spiro atoms. The number of rotatable bonds is 8. The molecule has 31 heavy (non-hydrogen) atoms. The van der Waals surface area contributed by atoms with Crippen LogP contribution < -0.4 is 19.5 Å². The number of benzene rings is 2. The summed E-state index contributed by atoms with van der Waals surface area (Å²) in [7, 11) is -2.45. The third kappa shape index (κ3) is 5.92. The Balaban J connectivity index is 1.59. The van der Waals surface area contributed by atoms with Crippen molar-refractivity contribution in [2.45, 2.75) is 18.7 Å². The van der Waals surface area contributed by atoms with E-state index in [1.807, 2.05) is 26.0 Å². The smallest absolute Gasteiger partial charge is 0.263 e. The van der Waals surface area contributed by atoms with Crippen molar-refractivity contribution in [2.24, 2.45) is 0 Å². The SMILES string of the molecule is COc1cc(NS(=O)(=O)c2ccc(NC(=O)COc3ccc(C)c(C)c3)cc2)ncn1. The van der Waals surface area contributed by atoms with Gasteiger partial charge in [0.15, 0.2) is 6.61 Å². The molecule has 0 bridgehead atoms. The van der Waals surface area contributed by atoms with Gasteiger partial charge in [-0.3, -0.25) is 9.52 Å². The molecule has 1 amide bonds. The van der Waals surface area contributed by atoms with Gasteiger partial charge in [-0.15, -0.1) is 0 Å². The summed E-state index contributed by atoms with van der Waals surface area (Å²) in [4.78, 5) is 19.8. The molecule has 2 aromatic carbocycles. The Morgan fingerprint density at radius 1 is 1.00 bits per heavy atom. The number of ether oxygens (including phenoxy) is 2. The summed E-state index contributed by atoms with van der Waals surface area (Å²) in [5.74, 6) is 0.550. The van der Waals surface area contributed by atoms with E-state index in [0.29, 0.717) is 11.4 Å². The van der Waals surface area contributed by atoms with Gasteiger partial charge in [-0.1, -0.05) is 6.07 Å². The lowest BCUT2D eigenvalue weighted by Crippen LogP contribution is -2.20. The van der Waals surface area contributed by atoms with Gasteiger partial charge in [-0.2, -0.15) is 0 Å². The first-order valence-electron chi connectivity index (χ1n) is 9.25. The molecule has 0 saturated carbocycles. The zero-order chi connectivity index (χ0) is 22.4. The second-order valence-electron chi connectivity index (χ2n) is 6.66. The van der Waals surface area contributed by atoms with Crippen LogP contribution in [0.2, 0.25) is 0 Å². The molecule has 2 N–H and O–H groups in total. The van der Waals surface area contributed by atoms with Crippen LogP contribution in [-0.4, -0.2) is 38.0 Å². The molecule has 0 aliphatic heterocycles. The number of nitrogens with zero attached hydrogens (tertiary/aromatic N) is 2. The summed E-state index contributed by atoms with van der Waals surface area (Å²) in [5, 5.41) is 2.67. The molecule has 3 rings (SSSR count). The van der Waals surface area contributed by atoms with Crippen LogP contribution in [0.15, 0.2) is 59.8 Å². The molecule has 3 aromatic rings. The fraction of sp³-hybridized carbons (Fsp3) is 0.190. The van der Waals surface area contributed by atoms with E-state index in [1.54, 1.807) is 6.07 Å². The topological polar surface area (TPSA) is 120 Å². The van der Waals surface area contributed by atoms with Crippen LogP contribution in [0.4, 0.5) is 11.5 Å². The van der Waals surface area contributed by atoms with Gasteiger partial charge < -0.3 is 14.8 Å². The summed E-state index contributed by atoms with van der Waals surface area (Å²) in [6.45, 7) is 3.79. The van der Waals surface area contributed by atoms with E-state index in [0.717, 1.165) is 11.1 Å². The molecule has 0 aliphatic carbocycles. The minimum Gasteiger partial charge on any atom is -0.484 e. The summed E-state index contributed by atoms with van der Waals surface area (Å²) >= 11 is 0. The number of hydrogen-bond acceptors (Lipinski definition) is 7. The van der Waals surface area contributed by atoms with Gasteiger partial charge in [0.2, 0.25) is 5.88 Å². The minimum absolute atomic E-state index is 0.00876. The van der Waals surface area contributed by atoms with E-state index in [-0.39, 0.29) is 29.1 Å². The summed E-state index contributed by atoms with van der Waals surface area (Å²) in [6, 6.07) is 12.7. The molecule has 0 fully saturated rings. The Kier molecular flexibility index (Phi) is 6.71. The maximum Gasteiger partial charge on any atom is 0.263 e. The molecule has 9 nitrogen and oxygen atoms in total. The highest BCUT2D eigenvalue weighted by molar-refractivity contribution is 7.92. The van der Waals surface area contributed by atoms with Crippen LogP contribution >= 0.6 is 0 Å². The van der Waals surface area contributed by atoms with Gasteiger partial charge in [0, 0.05) is 11.8 Å². The van der Waals surface area contributed by atoms with E-state index < -0.39 is 10.0 Å². The number of sulfonamides is 1. The van der Waals surface area contributed by atoms with Crippen LogP contribution in [0, 0.1) is 13.8 Å². The third-order valence-electron chi connectivity index (χ3n) is 4.39. The average Bonchev–Trinajstić information content (AvgIpc) is 2.75. The first-order chi connectivity index (χ1) is 14.8. The highest BCUT2D eigenvalue weighted by Crippen LogP contribution is 2.19. The van der Waals surface area contributed by atoms with Gasteiger partial charge >= 0.3 is 0 Å². The molecule has 10 heteroatoms. The van der Waals surface area contributed by atoms with Crippen molar-refractivity contribution in [1.82, 2.24) is 9.97 Å². The number of nitrogens with one attached hydrogen (secondary N) is 2. The predicted molar refractivity (Wildman–Crippen MR) is 116 cm³/mol. The molecule has 0 aliphatic rings. The molecule has 162 valence electrons. The molecule has 1 heterocycles. The maximum absolute atomic E-state index is 12.5.